The van der Waals surface area contributed by atoms with E-state index in [4.69, 9.17) is 9.47 Å². The van der Waals surface area contributed by atoms with E-state index in [-0.39, 0.29) is 49.9 Å². The van der Waals surface area contributed by atoms with Crippen LogP contribution in [0.4, 0.5) is 0 Å². The highest BCUT2D eigenvalue weighted by atomic mass is 31.2. The second kappa shape index (κ2) is 21.3. The summed E-state index contributed by atoms with van der Waals surface area (Å²) in [5.74, 6) is 1.50. The van der Waals surface area contributed by atoms with E-state index in [1.54, 1.807) is 0 Å². The average molecular weight is 1130 g/mol. The summed E-state index contributed by atoms with van der Waals surface area (Å²) in [4.78, 5) is 0. The zero-order valence-corrected chi connectivity index (χ0v) is 55.6. The second-order valence-electron chi connectivity index (χ2n) is 31.0. The Hall–Kier alpha value is -5.93. The molecule has 7 aromatic rings. The van der Waals surface area contributed by atoms with Gasteiger partial charge in [0.25, 0.3) is 0 Å². The number of hydrogen-bond acceptors (Lipinski definition) is 3. The van der Waals surface area contributed by atoms with Crippen LogP contribution < -0.4 is 36.7 Å². The van der Waals surface area contributed by atoms with Crippen LogP contribution >= 0.6 is 7.14 Å². The first kappa shape index (κ1) is 60.7. The van der Waals surface area contributed by atoms with Crippen molar-refractivity contribution in [3.05, 3.63) is 231 Å². The van der Waals surface area contributed by atoms with Crippen molar-refractivity contribution in [3.8, 4) is 0 Å². The molecule has 1 aliphatic heterocycles. The summed E-state index contributed by atoms with van der Waals surface area (Å²) in [5.41, 5.74) is 10.2. The van der Waals surface area contributed by atoms with Crippen LogP contribution in [0.3, 0.4) is 0 Å². The predicted molar refractivity (Wildman–Crippen MR) is 355 cm³/mol. The van der Waals surface area contributed by atoms with Crippen molar-refractivity contribution in [2.45, 2.75) is 195 Å². The van der Waals surface area contributed by atoms with E-state index in [1.807, 2.05) is 0 Å². The van der Waals surface area contributed by atoms with Crippen molar-refractivity contribution >= 4 is 51.9 Å². The molecule has 3 nitrogen and oxygen atoms in total. The predicted octanol–water partition coefficient (Wildman–Crippen LogP) is 16.4. The minimum Gasteiger partial charge on any atom is -0.486 e. The molecule has 0 bridgehead atoms. The molecule has 430 valence electrons. The SMILES string of the molecule is CC(C)(C)c1cccc([Si](c2cccc(C(C)(C)C)c2)(c2cccc(C(C)(C)C)c2)c2ccc(C3C=C4OCC(c5ccc(P(=O)(c6cccc(C(C)(C)C)c6)c6cccc(C(C)(C)C)c6)cc5C(C)(C)C)OC4=C3)c(C(C)(C)C)c2)c1. The Kier molecular flexibility index (Phi) is 15.7. The first-order valence-electron chi connectivity index (χ1n) is 30.1. The topological polar surface area (TPSA) is 35.5 Å². The lowest BCUT2D eigenvalue weighted by atomic mass is 9.80. The van der Waals surface area contributed by atoms with E-state index in [2.05, 4.69) is 315 Å². The molecule has 1 aliphatic carbocycles. The maximum absolute atomic E-state index is 16.5. The number of benzene rings is 7. The lowest BCUT2D eigenvalue weighted by molar-refractivity contribution is -0.00763. The van der Waals surface area contributed by atoms with E-state index in [0.717, 1.165) is 49.7 Å². The lowest BCUT2D eigenvalue weighted by Crippen LogP contribution is -2.75. The third-order valence-corrected chi connectivity index (χ3v) is 25.1. The van der Waals surface area contributed by atoms with Gasteiger partial charge in [-0.25, -0.2) is 0 Å². The third-order valence-electron chi connectivity index (χ3n) is 17.4. The zero-order chi connectivity index (χ0) is 60.0. The Bertz CT molecular complexity index is 3450. The van der Waals surface area contributed by atoms with Gasteiger partial charge in [-0.2, -0.15) is 0 Å². The van der Waals surface area contributed by atoms with Gasteiger partial charge in [-0.1, -0.05) is 285 Å². The van der Waals surface area contributed by atoms with E-state index < -0.39 is 15.2 Å². The highest BCUT2D eigenvalue weighted by Gasteiger charge is 2.45. The molecule has 2 aliphatic rings. The van der Waals surface area contributed by atoms with Gasteiger partial charge < -0.3 is 14.0 Å². The van der Waals surface area contributed by atoms with Gasteiger partial charge >= 0.3 is 0 Å². The summed E-state index contributed by atoms with van der Waals surface area (Å²) in [6, 6.07) is 59.8. The molecule has 9 rings (SSSR count). The van der Waals surface area contributed by atoms with Crippen molar-refractivity contribution in [2.24, 2.45) is 0 Å². The number of allylic oxidation sites excluding steroid dienone is 2. The quantitative estimate of drug-likeness (QED) is 0.0821. The molecule has 2 unspecified atom stereocenters. The van der Waals surface area contributed by atoms with E-state index in [0.29, 0.717) is 6.61 Å². The molecule has 0 amide bonds. The van der Waals surface area contributed by atoms with Crippen LogP contribution in [-0.2, 0) is 51.9 Å². The maximum atomic E-state index is 16.5. The van der Waals surface area contributed by atoms with Crippen LogP contribution in [0.25, 0.3) is 0 Å². The van der Waals surface area contributed by atoms with Gasteiger partial charge in [0.1, 0.15) is 6.61 Å². The van der Waals surface area contributed by atoms with Gasteiger partial charge in [-0.05, 0) is 139 Å². The summed E-state index contributed by atoms with van der Waals surface area (Å²) in [6.45, 7) is 48.6. The van der Waals surface area contributed by atoms with Crippen molar-refractivity contribution in [1.29, 1.82) is 0 Å². The van der Waals surface area contributed by atoms with Crippen LogP contribution in [0.15, 0.2) is 181 Å². The summed E-state index contributed by atoms with van der Waals surface area (Å²) < 4.78 is 30.5. The molecule has 0 N–H and O–H groups in total. The average Bonchev–Trinajstić information content (AvgIpc) is 2.83. The fraction of sp³-hybridized carbons (Fsp3) is 0.403. The van der Waals surface area contributed by atoms with Crippen molar-refractivity contribution < 1.29 is 14.0 Å². The minimum absolute atomic E-state index is 0.0411. The van der Waals surface area contributed by atoms with E-state index in [9.17, 15) is 0 Å². The van der Waals surface area contributed by atoms with Crippen LogP contribution in [0.5, 0.6) is 0 Å². The molecule has 1 fully saturated rings. The zero-order valence-electron chi connectivity index (χ0n) is 53.7. The molecule has 1 heterocycles. The Morgan fingerprint density at radius 2 is 0.720 bits per heavy atom. The fourth-order valence-electron chi connectivity index (χ4n) is 12.3. The van der Waals surface area contributed by atoms with Gasteiger partial charge in [0.15, 0.2) is 32.8 Å². The molecule has 2 atom stereocenters. The molecule has 5 heteroatoms. The van der Waals surface area contributed by atoms with E-state index in [1.165, 1.54) is 48.6 Å². The Labute approximate surface area is 496 Å². The number of rotatable bonds is 9. The summed E-state index contributed by atoms with van der Waals surface area (Å²) >= 11 is 0. The second-order valence-corrected chi connectivity index (χ2v) is 37.6. The highest BCUT2D eigenvalue weighted by molar-refractivity contribution is 7.85. The molecular formula is C77H95O3PSi. The fourth-order valence-corrected chi connectivity index (χ4v) is 19.9. The number of fused-ring (bicyclic) bond motifs is 1. The number of hydrogen-bond donors (Lipinski definition) is 0. The standard InChI is InChI=1S/C77H95O3PSi/c1-71(2,3)52-27-22-32-57(43-52)81(78,58-33-23-28-53(44-58)72(4,5)6)59-37-39-65(66(48-59)76(16,17)18)70-50-79-68-41-51(42-69(68)80-70)64-40-38-63(49-67(64)77(19,20)21)82(60-34-24-29-54(45-60)73(7,8)9,61-35-25-30-55(46-61)74(10,11)12)62-36-26-31-56(47-62)75(13,14)15/h22-49,51,70H,50H2,1-21H3. The third kappa shape index (κ3) is 11.8. The molecule has 7 aromatic carbocycles. The molecule has 0 spiro atoms. The van der Waals surface area contributed by atoms with Gasteiger partial charge in [-0.15, -0.1) is 0 Å². The first-order chi connectivity index (χ1) is 37.9. The Morgan fingerprint density at radius 3 is 1.13 bits per heavy atom. The summed E-state index contributed by atoms with van der Waals surface area (Å²) in [5, 5.41) is 8.08. The Balaban J connectivity index is 1.17. The molecular weight excluding hydrogens is 1030 g/mol. The molecule has 0 saturated carbocycles. The van der Waals surface area contributed by atoms with Crippen molar-refractivity contribution in [2.75, 3.05) is 6.61 Å². The van der Waals surface area contributed by atoms with Crippen LogP contribution in [0.1, 0.15) is 207 Å². The normalized spacial score (nSPS) is 16.7. The van der Waals surface area contributed by atoms with Gasteiger partial charge in [0, 0.05) is 21.8 Å². The molecule has 1 saturated heterocycles. The van der Waals surface area contributed by atoms with Crippen molar-refractivity contribution in [3.63, 3.8) is 0 Å². The highest BCUT2D eigenvalue weighted by Crippen LogP contribution is 2.48. The maximum Gasteiger partial charge on any atom is 0.179 e. The van der Waals surface area contributed by atoms with Gasteiger partial charge in [-0.3, -0.25) is 0 Å². The van der Waals surface area contributed by atoms with Crippen LogP contribution in [-0.4, -0.2) is 14.7 Å². The van der Waals surface area contributed by atoms with Crippen molar-refractivity contribution in [1.82, 2.24) is 0 Å². The monoisotopic (exact) mass is 1130 g/mol. The smallest absolute Gasteiger partial charge is 0.179 e. The molecule has 0 aromatic heterocycles. The van der Waals surface area contributed by atoms with Gasteiger partial charge in [0.2, 0.25) is 0 Å². The largest absolute Gasteiger partial charge is 0.486 e. The first-order valence-corrected chi connectivity index (χ1v) is 33.8. The minimum atomic E-state index is -3.39. The number of ether oxygens (including phenoxy) is 2. The lowest BCUT2D eigenvalue weighted by Gasteiger charge is -2.38. The van der Waals surface area contributed by atoms with Gasteiger partial charge in [0.05, 0.1) is 0 Å². The van der Waals surface area contributed by atoms with Crippen LogP contribution in [0.2, 0.25) is 0 Å². The van der Waals surface area contributed by atoms with E-state index >= 15 is 4.57 Å². The Morgan fingerprint density at radius 1 is 0.366 bits per heavy atom. The molecule has 82 heavy (non-hydrogen) atoms. The summed E-state index contributed by atoms with van der Waals surface area (Å²) in [7, 11) is -6.46. The van der Waals surface area contributed by atoms with Crippen LogP contribution in [0, 0.1) is 0 Å². The molecule has 0 radical (unpaired) electrons. The summed E-state index contributed by atoms with van der Waals surface area (Å²) in [6.07, 6.45) is 4.19.